The fourth-order valence-corrected chi connectivity index (χ4v) is 6.51. The Morgan fingerprint density at radius 2 is 1.01 bits per heavy atom. The van der Waals surface area contributed by atoms with Gasteiger partial charge in [-0.1, -0.05) is 0 Å². The number of aliphatic hydroxyl groups excluding tert-OH is 3. The number of unbranched alkanes of at least 4 members (excludes halogenated alkanes) is 1. The zero-order valence-corrected chi connectivity index (χ0v) is 40.2. The van der Waals surface area contributed by atoms with Gasteiger partial charge in [-0.2, -0.15) is 25.3 Å². The summed E-state index contributed by atoms with van der Waals surface area (Å²) >= 11 is 7.81. The van der Waals surface area contributed by atoms with Gasteiger partial charge in [0.05, 0.1) is 31.2 Å². The number of carboxylic acid groups (broad SMARTS) is 1. The molecule has 1 rings (SSSR count). The Morgan fingerprint density at radius 1 is 0.600 bits per heavy atom. The first-order valence-corrected chi connectivity index (χ1v) is 23.0. The third kappa shape index (κ3) is 22.1. The first-order chi connectivity index (χ1) is 32.9. The summed E-state index contributed by atoms with van der Waals surface area (Å²) in [7, 11) is 0. The first kappa shape index (κ1) is 61.9. The van der Waals surface area contributed by atoms with Crippen molar-refractivity contribution in [3.63, 3.8) is 0 Å². The number of imidazole rings is 1. The van der Waals surface area contributed by atoms with Crippen molar-refractivity contribution in [2.75, 3.05) is 24.7 Å². The molecule has 11 atom stereocenters. The van der Waals surface area contributed by atoms with E-state index in [1.54, 1.807) is 0 Å². The van der Waals surface area contributed by atoms with Gasteiger partial charge in [0.15, 0.2) is 0 Å². The number of thiol groups is 2. The fraction of sp³-hybridized carbons (Fsp3) is 0.641. The van der Waals surface area contributed by atoms with Gasteiger partial charge in [-0.15, -0.1) is 0 Å². The topological polar surface area (TPSA) is 498 Å². The zero-order chi connectivity index (χ0) is 53.2. The minimum absolute atomic E-state index is 0.0726. The van der Waals surface area contributed by atoms with Crippen molar-refractivity contribution < 1.29 is 73.2 Å². The van der Waals surface area contributed by atoms with Crippen molar-refractivity contribution in [3.8, 4) is 0 Å². The van der Waals surface area contributed by atoms with Crippen molar-refractivity contribution >= 4 is 90.3 Å². The summed E-state index contributed by atoms with van der Waals surface area (Å²) < 4.78 is 0. The van der Waals surface area contributed by atoms with Crippen LogP contribution in [-0.2, 0) is 59.2 Å². The molecule has 10 amide bonds. The van der Waals surface area contributed by atoms with E-state index in [2.05, 4.69) is 77.8 Å². The lowest BCUT2D eigenvalue weighted by molar-refractivity contribution is -0.142. The molecule has 1 aromatic heterocycles. The Labute approximate surface area is 412 Å². The Kier molecular flexibility index (Phi) is 28.2. The highest BCUT2D eigenvalue weighted by Crippen LogP contribution is 2.09. The predicted octanol–water partition coefficient (Wildman–Crippen LogP) is -8.48. The van der Waals surface area contributed by atoms with E-state index in [0.717, 1.165) is 6.92 Å². The summed E-state index contributed by atoms with van der Waals surface area (Å²) in [5.41, 5.74) is 22.1. The van der Waals surface area contributed by atoms with Crippen molar-refractivity contribution in [3.05, 3.63) is 18.2 Å². The highest BCUT2D eigenvalue weighted by atomic mass is 32.1. The van der Waals surface area contributed by atoms with Crippen LogP contribution in [-0.4, -0.2) is 187 Å². The molecule has 394 valence electrons. The quantitative estimate of drug-likeness (QED) is 0.0225. The van der Waals surface area contributed by atoms with E-state index in [4.69, 9.17) is 22.9 Å². The maximum Gasteiger partial charge on any atom is 0.327 e. The Morgan fingerprint density at radius 3 is 1.41 bits per heavy atom. The van der Waals surface area contributed by atoms with Crippen LogP contribution in [0.1, 0.15) is 64.5 Å². The highest BCUT2D eigenvalue weighted by molar-refractivity contribution is 7.80. The molecule has 0 radical (unpaired) electrons. The average molecular weight is 1040 g/mol. The second-order valence-corrected chi connectivity index (χ2v) is 16.6. The highest BCUT2D eigenvalue weighted by Gasteiger charge is 2.37. The van der Waals surface area contributed by atoms with Crippen LogP contribution in [0.4, 0.5) is 0 Å². The second-order valence-electron chi connectivity index (χ2n) is 15.9. The molecule has 29 nitrogen and oxygen atoms in total. The lowest BCUT2D eigenvalue weighted by atomic mass is 10.0. The number of nitrogens with zero attached hydrogens (tertiary/aromatic N) is 1. The summed E-state index contributed by atoms with van der Waals surface area (Å²) in [5, 5.41) is 58.6. The molecule has 0 saturated carbocycles. The number of carboxylic acids is 1. The van der Waals surface area contributed by atoms with Gasteiger partial charge in [-0.25, -0.2) is 9.78 Å². The molecular formula is C39H66N14O15S2. The lowest BCUT2D eigenvalue weighted by Crippen LogP contribution is -2.62. The number of aromatic nitrogens is 2. The number of H-pyrrole nitrogens is 1. The van der Waals surface area contributed by atoms with Gasteiger partial charge in [0.25, 0.3) is 0 Å². The van der Waals surface area contributed by atoms with Crippen LogP contribution in [0, 0.1) is 0 Å². The third-order valence-corrected chi connectivity index (χ3v) is 10.8. The number of carbonyl (C=O) groups is 11. The molecule has 21 N–H and O–H groups in total. The fourth-order valence-electron chi connectivity index (χ4n) is 6.10. The molecule has 1 aromatic rings. The molecule has 0 aliphatic heterocycles. The number of rotatable bonds is 34. The van der Waals surface area contributed by atoms with Crippen molar-refractivity contribution in [1.29, 1.82) is 0 Å². The molecule has 0 aliphatic carbocycles. The van der Waals surface area contributed by atoms with Gasteiger partial charge in [0.1, 0.15) is 48.3 Å². The Hall–Kier alpha value is -6.12. The Balaban J connectivity index is 3.46. The van der Waals surface area contributed by atoms with E-state index < -0.39 is 164 Å². The molecule has 1 heterocycles. The summed E-state index contributed by atoms with van der Waals surface area (Å²) in [5.74, 6) is -12.4. The van der Waals surface area contributed by atoms with Crippen LogP contribution >= 0.6 is 25.3 Å². The van der Waals surface area contributed by atoms with Gasteiger partial charge in [0.2, 0.25) is 59.1 Å². The third-order valence-electron chi connectivity index (χ3n) is 10.1. The number of primary amides is 2. The maximum absolute atomic E-state index is 14.0. The number of aliphatic carboxylic acids is 1. The summed E-state index contributed by atoms with van der Waals surface area (Å²) in [6, 6.07) is -14.4. The van der Waals surface area contributed by atoms with Gasteiger partial charge < -0.3 is 90.9 Å². The Bertz CT molecular complexity index is 1950. The second kappa shape index (κ2) is 31.9. The van der Waals surface area contributed by atoms with Gasteiger partial charge in [-0.3, -0.25) is 47.9 Å². The SMILES string of the molecule is C[C@@H](O)[C@H](NC(=O)[C@H](Cc1cnc[nH]1)NC(=O)[C@H](CCC(N)=O)NC(=O)[C@H](CCCCN)NC(=O)[C@@H](NC(=O)[C@@H](N)CS)[C@@H](C)O)C(=O)N[C@@H](CO)C(=O)N[C@@H](CCC(N)=O)C(=O)N[C@@H](CS)C(=O)O. The van der Waals surface area contributed by atoms with Crippen LogP contribution in [0.5, 0.6) is 0 Å². The number of nitrogens with one attached hydrogen (secondary N) is 9. The van der Waals surface area contributed by atoms with Gasteiger partial charge in [0, 0.05) is 42.7 Å². The first-order valence-electron chi connectivity index (χ1n) is 21.7. The molecule has 0 aromatic carbocycles. The molecule has 0 fully saturated rings. The summed E-state index contributed by atoms with van der Waals surface area (Å²) in [6.45, 7) is 1.33. The monoisotopic (exact) mass is 1030 g/mol. The molecular weight excluding hydrogens is 969 g/mol. The van der Waals surface area contributed by atoms with E-state index in [0.29, 0.717) is 6.42 Å². The minimum atomic E-state index is -1.93. The molecule has 0 bridgehead atoms. The lowest BCUT2D eigenvalue weighted by Gasteiger charge is -2.28. The molecule has 70 heavy (non-hydrogen) atoms. The largest absolute Gasteiger partial charge is 0.480 e. The van der Waals surface area contributed by atoms with Crippen LogP contribution in [0.25, 0.3) is 0 Å². The number of nitrogens with two attached hydrogens (primary N) is 4. The molecule has 0 spiro atoms. The molecule has 0 unspecified atom stereocenters. The van der Waals surface area contributed by atoms with E-state index in [1.165, 1.54) is 19.4 Å². The number of carbonyl (C=O) groups excluding carboxylic acids is 10. The van der Waals surface area contributed by atoms with Gasteiger partial charge in [-0.05, 0) is 52.5 Å². The molecule has 31 heteroatoms. The summed E-state index contributed by atoms with van der Waals surface area (Å²) in [6.07, 6.45) is -2.36. The van der Waals surface area contributed by atoms with E-state index in [9.17, 15) is 73.2 Å². The van der Waals surface area contributed by atoms with Crippen LogP contribution in [0.15, 0.2) is 12.5 Å². The van der Waals surface area contributed by atoms with E-state index >= 15 is 0 Å². The van der Waals surface area contributed by atoms with Crippen molar-refractivity contribution in [2.24, 2.45) is 22.9 Å². The normalized spacial score (nSPS) is 15.8. The van der Waals surface area contributed by atoms with Crippen LogP contribution < -0.4 is 65.5 Å². The van der Waals surface area contributed by atoms with Crippen LogP contribution in [0.3, 0.4) is 0 Å². The standard InChI is InChI=1S/C39H66N14O15S2/c1-17(55)29(52-31(59)20(41)14-69)37(65)48-21(5-3-4-10-40)32(60)46-22(6-8-27(42)57)33(61)49-24(11-19-12-44-16-45-19)35(63)53-30(18(2)56)38(66)50-25(13-54)36(64)47-23(7-9-28(43)58)34(62)51-26(15-70)39(67)68/h12,16-18,20-26,29-30,54-56,69-70H,3-11,13-15,40-41H2,1-2H3,(H2,42,57)(H2,43,58)(H,44,45)(H,46,60)(H,47,64)(H,48,65)(H,49,61)(H,50,66)(H,51,62)(H,52,59)(H,53,63)(H,67,68)/t17-,18-,20+,21+,22+,23+,24+,25+,26+,29+,30+/m1/s1. The predicted molar refractivity (Wildman–Crippen MR) is 251 cm³/mol. The van der Waals surface area contributed by atoms with Crippen molar-refractivity contribution in [2.45, 2.75) is 132 Å². The smallest absolute Gasteiger partial charge is 0.327 e. The van der Waals surface area contributed by atoms with Crippen molar-refractivity contribution in [1.82, 2.24) is 52.5 Å². The number of amides is 10. The summed E-state index contributed by atoms with van der Waals surface area (Å²) in [4.78, 5) is 149. The maximum atomic E-state index is 14.0. The number of aliphatic hydroxyl groups is 3. The van der Waals surface area contributed by atoms with E-state index in [-0.39, 0.29) is 43.0 Å². The van der Waals surface area contributed by atoms with Crippen LogP contribution in [0.2, 0.25) is 0 Å². The number of hydrogen-bond donors (Lipinski definition) is 19. The molecule has 0 saturated heterocycles. The number of aromatic amines is 1. The average Bonchev–Trinajstić information content (AvgIpc) is 3.82. The number of hydrogen-bond acceptors (Lipinski definition) is 19. The minimum Gasteiger partial charge on any atom is -0.480 e. The van der Waals surface area contributed by atoms with Gasteiger partial charge >= 0.3 is 5.97 Å². The zero-order valence-electron chi connectivity index (χ0n) is 38.4. The molecule has 0 aliphatic rings. The van der Waals surface area contributed by atoms with E-state index in [1.807, 2.05) is 0 Å².